The van der Waals surface area contributed by atoms with Gasteiger partial charge in [0.1, 0.15) is 6.04 Å². The average Bonchev–Trinajstić information content (AvgIpc) is 2.31. The molecule has 1 aromatic carbocycles. The first kappa shape index (κ1) is 16.7. The molecule has 4 nitrogen and oxygen atoms in total. The van der Waals surface area contributed by atoms with Crippen LogP contribution >= 0.6 is 15.9 Å². The Balaban J connectivity index is 2.57. The van der Waals surface area contributed by atoms with E-state index in [1.165, 1.54) is 0 Å². The maximum Gasteiger partial charge on any atom is 0.326 e. The van der Waals surface area contributed by atoms with Crippen LogP contribution in [0.1, 0.15) is 32.8 Å². The quantitative estimate of drug-likeness (QED) is 0.865. The van der Waals surface area contributed by atoms with Gasteiger partial charge >= 0.3 is 5.97 Å². The first-order chi connectivity index (χ1) is 9.20. The Labute approximate surface area is 127 Å². The van der Waals surface area contributed by atoms with Crippen LogP contribution in [0.4, 0.5) is 0 Å². The van der Waals surface area contributed by atoms with Gasteiger partial charge in [0.15, 0.2) is 0 Å². The number of amides is 1. The minimum Gasteiger partial charge on any atom is -0.480 e. The molecule has 0 unspecified atom stereocenters. The van der Waals surface area contributed by atoms with Gasteiger partial charge in [-0.15, -0.1) is 0 Å². The molecule has 2 N–H and O–H groups in total. The van der Waals surface area contributed by atoms with E-state index in [0.29, 0.717) is 6.42 Å². The number of carboxylic acid groups (broad SMARTS) is 1. The van der Waals surface area contributed by atoms with Crippen LogP contribution in [0.25, 0.3) is 0 Å². The molecule has 1 rings (SSSR count). The summed E-state index contributed by atoms with van der Waals surface area (Å²) in [5, 5.41) is 11.7. The van der Waals surface area contributed by atoms with Gasteiger partial charge in [-0.2, -0.15) is 0 Å². The minimum absolute atomic E-state index is 0.243. The molecule has 20 heavy (non-hydrogen) atoms. The number of carbonyl (C=O) groups excluding carboxylic acids is 1. The van der Waals surface area contributed by atoms with Gasteiger partial charge in [0.2, 0.25) is 5.91 Å². The van der Waals surface area contributed by atoms with Crippen molar-refractivity contribution in [3.05, 3.63) is 34.3 Å². The maximum absolute atomic E-state index is 11.9. The normalized spacial score (nSPS) is 12.8. The molecule has 0 aliphatic heterocycles. The van der Waals surface area contributed by atoms with E-state index >= 15 is 0 Å². The highest BCUT2D eigenvalue weighted by molar-refractivity contribution is 9.10. The zero-order valence-corrected chi connectivity index (χ0v) is 13.5. The molecule has 1 amide bonds. The van der Waals surface area contributed by atoms with Gasteiger partial charge in [-0.25, -0.2) is 4.79 Å². The first-order valence-electron chi connectivity index (χ1n) is 6.47. The first-order valence-corrected chi connectivity index (χ1v) is 7.26. The number of nitrogens with one attached hydrogen (secondary N) is 1. The third-order valence-electron chi connectivity index (χ3n) is 2.95. The molecule has 1 aromatic rings. The van der Waals surface area contributed by atoms with Gasteiger partial charge in [-0.05, 0) is 29.5 Å². The van der Waals surface area contributed by atoms with Crippen LogP contribution in [0, 0.1) is 5.41 Å². The number of aryl methyl sites for hydroxylation is 1. The minimum atomic E-state index is -1.01. The summed E-state index contributed by atoms with van der Waals surface area (Å²) >= 11 is 3.38. The molecule has 0 saturated heterocycles. The molecular weight excluding hydrogens is 322 g/mol. The van der Waals surface area contributed by atoms with Gasteiger partial charge in [0.25, 0.3) is 0 Å². The second kappa shape index (κ2) is 6.88. The van der Waals surface area contributed by atoms with E-state index in [1.54, 1.807) is 20.8 Å². The predicted octanol–water partition coefficient (Wildman–Crippen LogP) is 3.00. The van der Waals surface area contributed by atoms with Crippen LogP contribution in [-0.4, -0.2) is 23.0 Å². The molecule has 0 aliphatic rings. The maximum atomic E-state index is 11.9. The predicted molar refractivity (Wildman–Crippen MR) is 81.5 cm³/mol. The summed E-state index contributed by atoms with van der Waals surface area (Å²) in [4.78, 5) is 23.1. The van der Waals surface area contributed by atoms with Gasteiger partial charge in [-0.1, -0.05) is 48.8 Å². The molecule has 0 saturated carbocycles. The van der Waals surface area contributed by atoms with E-state index in [2.05, 4.69) is 21.2 Å². The molecule has 0 bridgehead atoms. The Morgan fingerprint density at radius 3 is 2.50 bits per heavy atom. The summed E-state index contributed by atoms with van der Waals surface area (Å²) in [6.45, 7) is 5.38. The number of halogens is 1. The fourth-order valence-corrected chi connectivity index (χ4v) is 2.28. The Bertz CT molecular complexity index is 494. The lowest BCUT2D eigenvalue weighted by Gasteiger charge is -2.27. The molecule has 0 heterocycles. The van der Waals surface area contributed by atoms with Crippen molar-refractivity contribution >= 4 is 27.8 Å². The number of benzene rings is 1. The molecule has 110 valence electrons. The molecule has 0 aliphatic carbocycles. The van der Waals surface area contributed by atoms with Crippen LogP contribution in [0.2, 0.25) is 0 Å². The highest BCUT2D eigenvalue weighted by atomic mass is 79.9. The summed E-state index contributed by atoms with van der Waals surface area (Å²) in [6.07, 6.45) is 0.859. The summed E-state index contributed by atoms with van der Waals surface area (Å²) in [5.74, 6) is -1.25. The average molecular weight is 342 g/mol. The van der Waals surface area contributed by atoms with Crippen molar-refractivity contribution in [2.45, 2.75) is 39.7 Å². The number of carbonyl (C=O) groups is 2. The monoisotopic (exact) mass is 341 g/mol. The fraction of sp³-hybridized carbons (Fsp3) is 0.467. The standard InChI is InChI=1S/C15H20BrNO3/c1-15(2,3)13(14(19)20)17-12(18)8-7-10-5-4-6-11(16)9-10/h4-6,9,13H,7-8H2,1-3H3,(H,17,18)(H,19,20)/t13-/m0/s1. The van der Waals surface area contributed by atoms with Crippen molar-refractivity contribution < 1.29 is 14.7 Å². The van der Waals surface area contributed by atoms with Crippen LogP contribution in [0.3, 0.4) is 0 Å². The van der Waals surface area contributed by atoms with Crippen molar-refractivity contribution in [3.63, 3.8) is 0 Å². The number of hydrogen-bond donors (Lipinski definition) is 2. The molecule has 0 radical (unpaired) electrons. The van der Waals surface area contributed by atoms with Crippen molar-refractivity contribution in [1.29, 1.82) is 0 Å². The number of aliphatic carboxylic acids is 1. The zero-order chi connectivity index (χ0) is 15.3. The van der Waals surface area contributed by atoms with E-state index in [9.17, 15) is 9.59 Å². The van der Waals surface area contributed by atoms with E-state index in [0.717, 1.165) is 10.0 Å². The molecule has 0 fully saturated rings. The lowest BCUT2D eigenvalue weighted by Crippen LogP contribution is -2.49. The second-order valence-corrected chi connectivity index (χ2v) is 6.75. The number of rotatable bonds is 5. The fourth-order valence-electron chi connectivity index (χ4n) is 1.83. The second-order valence-electron chi connectivity index (χ2n) is 5.83. The highest BCUT2D eigenvalue weighted by Crippen LogP contribution is 2.19. The van der Waals surface area contributed by atoms with Crippen LogP contribution < -0.4 is 5.32 Å². The van der Waals surface area contributed by atoms with Crippen molar-refractivity contribution in [2.24, 2.45) is 5.41 Å². The van der Waals surface area contributed by atoms with E-state index in [1.807, 2.05) is 24.3 Å². The zero-order valence-electron chi connectivity index (χ0n) is 11.9. The Morgan fingerprint density at radius 1 is 1.35 bits per heavy atom. The number of hydrogen-bond acceptors (Lipinski definition) is 2. The molecule has 1 atom stereocenters. The summed E-state index contributed by atoms with van der Waals surface area (Å²) in [6, 6.07) is 6.84. The van der Waals surface area contributed by atoms with Gasteiger partial charge in [0.05, 0.1) is 0 Å². The topological polar surface area (TPSA) is 66.4 Å². The van der Waals surface area contributed by atoms with Crippen molar-refractivity contribution in [3.8, 4) is 0 Å². The highest BCUT2D eigenvalue weighted by Gasteiger charge is 2.32. The Morgan fingerprint density at radius 2 is 2.00 bits per heavy atom. The third-order valence-corrected chi connectivity index (χ3v) is 3.44. The Hall–Kier alpha value is -1.36. The summed E-state index contributed by atoms with van der Waals surface area (Å²) < 4.78 is 0.966. The molecule has 0 spiro atoms. The largest absolute Gasteiger partial charge is 0.480 e. The third kappa shape index (κ3) is 5.33. The summed E-state index contributed by atoms with van der Waals surface area (Å²) in [7, 11) is 0. The lowest BCUT2D eigenvalue weighted by atomic mass is 9.86. The summed E-state index contributed by atoms with van der Waals surface area (Å²) in [5.41, 5.74) is 0.522. The molecule has 0 aromatic heterocycles. The van der Waals surface area contributed by atoms with Crippen LogP contribution in [0.15, 0.2) is 28.7 Å². The van der Waals surface area contributed by atoms with Crippen molar-refractivity contribution in [2.75, 3.05) is 0 Å². The smallest absolute Gasteiger partial charge is 0.326 e. The van der Waals surface area contributed by atoms with Crippen LogP contribution in [0.5, 0.6) is 0 Å². The van der Waals surface area contributed by atoms with E-state index < -0.39 is 17.4 Å². The lowest BCUT2D eigenvalue weighted by molar-refractivity contribution is -0.144. The SMILES string of the molecule is CC(C)(C)[C@@H](NC(=O)CCc1cccc(Br)c1)C(=O)O. The molecular formula is C15H20BrNO3. The van der Waals surface area contributed by atoms with Gasteiger partial charge in [0, 0.05) is 10.9 Å². The van der Waals surface area contributed by atoms with E-state index in [4.69, 9.17) is 5.11 Å². The Kier molecular flexibility index (Phi) is 5.74. The van der Waals surface area contributed by atoms with Gasteiger partial charge in [-0.3, -0.25) is 4.79 Å². The van der Waals surface area contributed by atoms with Gasteiger partial charge < -0.3 is 10.4 Å². The van der Waals surface area contributed by atoms with Crippen molar-refractivity contribution in [1.82, 2.24) is 5.32 Å². The number of carboxylic acids is 1. The van der Waals surface area contributed by atoms with E-state index in [-0.39, 0.29) is 12.3 Å². The van der Waals surface area contributed by atoms with Crippen LogP contribution in [-0.2, 0) is 16.0 Å². The molecule has 5 heteroatoms.